The van der Waals surface area contributed by atoms with Crippen LogP contribution < -0.4 is 5.32 Å². The fraction of sp³-hybridized carbons (Fsp3) is 0.200. The van der Waals surface area contributed by atoms with Gasteiger partial charge in [-0.3, -0.25) is 4.79 Å². The second-order valence-electron chi connectivity index (χ2n) is 4.46. The van der Waals surface area contributed by atoms with E-state index in [2.05, 4.69) is 5.32 Å². The highest BCUT2D eigenvalue weighted by Crippen LogP contribution is 2.26. The third kappa shape index (κ3) is 5.33. The number of thioether (sulfide) groups is 1. The zero-order chi connectivity index (χ0) is 16.8. The number of amides is 1. The van der Waals surface area contributed by atoms with Gasteiger partial charge in [0.2, 0.25) is 0 Å². The number of carbonyl (C=O) groups is 2. The molecule has 2 aromatic rings. The predicted molar refractivity (Wildman–Crippen MR) is 86.3 cm³/mol. The summed E-state index contributed by atoms with van der Waals surface area (Å²) in [5, 5.41) is 4.30. The van der Waals surface area contributed by atoms with Crippen molar-refractivity contribution in [2.24, 2.45) is 0 Å². The smallest absolute Gasteiger partial charge is 0.349 e. The van der Waals surface area contributed by atoms with Crippen LogP contribution in [0.25, 0.3) is 0 Å². The topological polar surface area (TPSA) is 55.4 Å². The van der Waals surface area contributed by atoms with Crippen molar-refractivity contribution < 1.29 is 23.1 Å². The van der Waals surface area contributed by atoms with Crippen LogP contribution in [-0.4, -0.2) is 24.2 Å². The first kappa shape index (κ1) is 17.4. The van der Waals surface area contributed by atoms with Crippen LogP contribution in [0, 0.1) is 6.92 Å². The van der Waals surface area contributed by atoms with Crippen molar-refractivity contribution in [3.05, 3.63) is 46.2 Å². The van der Waals surface area contributed by atoms with Gasteiger partial charge in [0.15, 0.2) is 6.61 Å². The van der Waals surface area contributed by atoms with E-state index in [-0.39, 0.29) is 0 Å². The summed E-state index contributed by atoms with van der Waals surface area (Å²) >= 11 is 1.68. The molecule has 23 heavy (non-hydrogen) atoms. The maximum Gasteiger partial charge on any atom is 0.349 e. The van der Waals surface area contributed by atoms with Gasteiger partial charge in [0.1, 0.15) is 4.88 Å². The standard InChI is InChI=1S/C15H13F2NO3S2/c1-9-6-7-22-13(9)14(20)21-8-12(19)18-10-2-4-11(5-3-10)23-15(16)17/h2-7,15H,8H2,1H3,(H,18,19). The van der Waals surface area contributed by atoms with Gasteiger partial charge in [0.05, 0.1) is 0 Å². The van der Waals surface area contributed by atoms with Crippen molar-refractivity contribution in [3.8, 4) is 0 Å². The van der Waals surface area contributed by atoms with Crippen molar-refractivity contribution in [2.45, 2.75) is 17.6 Å². The van der Waals surface area contributed by atoms with Gasteiger partial charge in [-0.2, -0.15) is 8.78 Å². The largest absolute Gasteiger partial charge is 0.451 e. The molecule has 8 heteroatoms. The second-order valence-corrected chi connectivity index (χ2v) is 6.44. The van der Waals surface area contributed by atoms with Crippen molar-refractivity contribution >= 4 is 40.7 Å². The number of carbonyl (C=O) groups excluding carboxylic acids is 2. The van der Waals surface area contributed by atoms with Gasteiger partial charge in [0, 0.05) is 10.6 Å². The summed E-state index contributed by atoms with van der Waals surface area (Å²) in [6, 6.07) is 7.77. The van der Waals surface area contributed by atoms with Gasteiger partial charge in [-0.15, -0.1) is 11.3 Å². The lowest BCUT2D eigenvalue weighted by Gasteiger charge is -2.07. The molecule has 0 saturated carbocycles. The first-order chi connectivity index (χ1) is 11.0. The van der Waals surface area contributed by atoms with E-state index < -0.39 is 24.2 Å². The minimum absolute atomic E-state index is 0.401. The van der Waals surface area contributed by atoms with E-state index in [9.17, 15) is 18.4 Å². The molecule has 1 aromatic heterocycles. The van der Waals surface area contributed by atoms with Crippen LogP contribution in [0.3, 0.4) is 0 Å². The van der Waals surface area contributed by atoms with E-state index in [1.807, 2.05) is 0 Å². The van der Waals surface area contributed by atoms with Crippen LogP contribution in [0.15, 0.2) is 40.6 Å². The zero-order valence-electron chi connectivity index (χ0n) is 12.0. The highest BCUT2D eigenvalue weighted by molar-refractivity contribution is 7.99. The first-order valence-electron chi connectivity index (χ1n) is 6.51. The van der Waals surface area contributed by atoms with Gasteiger partial charge in [-0.1, -0.05) is 11.8 Å². The number of rotatable bonds is 6. The number of alkyl halides is 2. The predicted octanol–water partition coefficient (Wildman–Crippen LogP) is 4.17. The Hall–Kier alpha value is -1.93. The van der Waals surface area contributed by atoms with Crippen molar-refractivity contribution in [1.82, 2.24) is 0 Å². The Kier molecular flexibility index (Phi) is 6.12. The molecule has 0 fully saturated rings. The maximum atomic E-state index is 12.2. The highest BCUT2D eigenvalue weighted by Gasteiger charge is 2.14. The minimum atomic E-state index is -2.49. The molecule has 122 valence electrons. The lowest BCUT2D eigenvalue weighted by atomic mass is 10.3. The molecule has 0 aliphatic rings. The average molecular weight is 357 g/mol. The van der Waals surface area contributed by atoms with Crippen LogP contribution in [0.5, 0.6) is 0 Å². The number of halogens is 2. The maximum absolute atomic E-state index is 12.2. The molecule has 0 spiro atoms. The Morgan fingerprint density at radius 2 is 1.96 bits per heavy atom. The van der Waals surface area contributed by atoms with Crippen molar-refractivity contribution in [2.75, 3.05) is 11.9 Å². The molecule has 0 atom stereocenters. The molecule has 1 N–H and O–H groups in total. The molecule has 0 saturated heterocycles. The average Bonchev–Trinajstić information content (AvgIpc) is 2.92. The number of nitrogens with one attached hydrogen (secondary N) is 1. The Morgan fingerprint density at radius 3 is 2.52 bits per heavy atom. The molecule has 1 amide bonds. The van der Waals surface area contributed by atoms with E-state index in [1.165, 1.54) is 35.6 Å². The van der Waals surface area contributed by atoms with Crippen LogP contribution in [0.2, 0.25) is 0 Å². The summed E-state index contributed by atoms with van der Waals surface area (Å²) in [6.45, 7) is 1.37. The van der Waals surface area contributed by atoms with E-state index in [0.29, 0.717) is 27.2 Å². The summed E-state index contributed by atoms with van der Waals surface area (Å²) in [5.41, 5.74) is 1.24. The summed E-state index contributed by atoms with van der Waals surface area (Å²) in [4.78, 5) is 24.4. The SMILES string of the molecule is Cc1ccsc1C(=O)OCC(=O)Nc1ccc(SC(F)F)cc1. The molecule has 1 aromatic carbocycles. The number of anilines is 1. The van der Waals surface area contributed by atoms with Crippen LogP contribution in [0.1, 0.15) is 15.2 Å². The molecule has 1 heterocycles. The van der Waals surface area contributed by atoms with Gasteiger partial charge >= 0.3 is 5.97 Å². The molecule has 0 unspecified atom stereocenters. The molecule has 0 bridgehead atoms. The van der Waals surface area contributed by atoms with E-state index in [0.717, 1.165) is 5.56 Å². The van der Waals surface area contributed by atoms with E-state index in [4.69, 9.17) is 4.74 Å². The lowest BCUT2D eigenvalue weighted by Crippen LogP contribution is -2.20. The number of benzene rings is 1. The Labute approximate surface area is 139 Å². The number of thiophene rings is 1. The van der Waals surface area contributed by atoms with E-state index in [1.54, 1.807) is 18.4 Å². The Morgan fingerprint density at radius 1 is 1.26 bits per heavy atom. The molecular weight excluding hydrogens is 344 g/mol. The normalized spacial score (nSPS) is 10.6. The number of esters is 1. The van der Waals surface area contributed by atoms with Gasteiger partial charge < -0.3 is 10.1 Å². The van der Waals surface area contributed by atoms with Gasteiger partial charge in [-0.25, -0.2) is 4.79 Å². The monoisotopic (exact) mass is 357 g/mol. The zero-order valence-corrected chi connectivity index (χ0v) is 13.7. The van der Waals surface area contributed by atoms with Crippen LogP contribution in [-0.2, 0) is 9.53 Å². The van der Waals surface area contributed by atoms with Crippen LogP contribution in [0.4, 0.5) is 14.5 Å². The number of ether oxygens (including phenoxy) is 1. The quantitative estimate of drug-likeness (QED) is 0.623. The summed E-state index contributed by atoms with van der Waals surface area (Å²) in [7, 11) is 0. The lowest BCUT2D eigenvalue weighted by molar-refractivity contribution is -0.119. The minimum Gasteiger partial charge on any atom is -0.451 e. The molecule has 0 radical (unpaired) electrons. The van der Waals surface area contributed by atoms with Gasteiger partial charge in [0.25, 0.3) is 11.7 Å². The molecule has 4 nitrogen and oxygen atoms in total. The third-order valence-electron chi connectivity index (χ3n) is 2.75. The first-order valence-corrected chi connectivity index (χ1v) is 8.27. The highest BCUT2D eigenvalue weighted by atomic mass is 32.2. The van der Waals surface area contributed by atoms with Gasteiger partial charge in [-0.05, 0) is 48.2 Å². The number of hydrogen-bond acceptors (Lipinski definition) is 5. The number of hydrogen-bond donors (Lipinski definition) is 1. The van der Waals surface area contributed by atoms with E-state index >= 15 is 0 Å². The molecule has 0 aliphatic heterocycles. The number of aryl methyl sites for hydroxylation is 1. The van der Waals surface area contributed by atoms with Crippen molar-refractivity contribution in [1.29, 1.82) is 0 Å². The Bertz CT molecular complexity index is 686. The second kappa shape index (κ2) is 8.07. The summed E-state index contributed by atoms with van der Waals surface area (Å²) in [5.74, 6) is -3.53. The molecular formula is C15H13F2NO3S2. The molecule has 2 rings (SSSR count). The summed E-state index contributed by atoms with van der Waals surface area (Å²) < 4.78 is 29.3. The fourth-order valence-electron chi connectivity index (χ4n) is 1.70. The molecule has 0 aliphatic carbocycles. The third-order valence-corrected chi connectivity index (χ3v) is 4.46. The Balaban J connectivity index is 1.83. The van der Waals surface area contributed by atoms with Crippen molar-refractivity contribution in [3.63, 3.8) is 0 Å². The summed E-state index contributed by atoms with van der Waals surface area (Å²) in [6.07, 6.45) is 0. The van der Waals surface area contributed by atoms with Crippen LogP contribution >= 0.6 is 23.1 Å². The fourth-order valence-corrected chi connectivity index (χ4v) is 3.01.